The molecule has 0 bridgehead atoms. The third-order valence-corrected chi connectivity index (χ3v) is 2.54. The highest BCUT2D eigenvalue weighted by molar-refractivity contribution is 5.79. The monoisotopic (exact) mass is 203 g/mol. The number of aromatic nitrogens is 1. The van der Waals surface area contributed by atoms with Crippen molar-refractivity contribution in [3.8, 4) is 0 Å². The van der Waals surface area contributed by atoms with E-state index < -0.39 is 0 Å². The summed E-state index contributed by atoms with van der Waals surface area (Å²) in [7, 11) is 0. The molecule has 0 amide bonds. The molecule has 2 heteroatoms. The second kappa shape index (κ2) is 3.30. The van der Waals surface area contributed by atoms with Crippen molar-refractivity contribution in [1.82, 2.24) is 4.98 Å². The van der Waals surface area contributed by atoms with E-state index in [1.54, 1.807) is 6.07 Å². The van der Waals surface area contributed by atoms with Crippen LogP contribution < -0.4 is 0 Å². The zero-order chi connectivity index (χ0) is 11.1. The number of benzene rings is 1. The van der Waals surface area contributed by atoms with Gasteiger partial charge in [-0.25, -0.2) is 4.39 Å². The molecule has 0 aliphatic rings. The highest BCUT2D eigenvalue weighted by Crippen LogP contribution is 2.25. The van der Waals surface area contributed by atoms with Gasteiger partial charge in [0, 0.05) is 11.6 Å². The number of hydrogen-bond donors (Lipinski definition) is 0. The van der Waals surface area contributed by atoms with Crippen LogP contribution in [0.2, 0.25) is 0 Å². The van der Waals surface area contributed by atoms with Crippen molar-refractivity contribution in [2.45, 2.75) is 26.2 Å². The van der Waals surface area contributed by atoms with Crippen LogP contribution in [-0.4, -0.2) is 4.98 Å². The van der Waals surface area contributed by atoms with Crippen LogP contribution in [0.15, 0.2) is 30.5 Å². The first-order valence-corrected chi connectivity index (χ1v) is 5.03. The summed E-state index contributed by atoms with van der Waals surface area (Å²) < 4.78 is 13.5. The molecule has 1 aromatic heterocycles. The summed E-state index contributed by atoms with van der Waals surface area (Å²) in [5.74, 6) is -0.203. The quantitative estimate of drug-likeness (QED) is 0.636. The Balaban J connectivity index is 2.70. The van der Waals surface area contributed by atoms with Gasteiger partial charge in [0.15, 0.2) is 0 Å². The normalized spacial score (nSPS) is 12.0. The molecule has 0 spiro atoms. The Morgan fingerprint density at radius 1 is 1.20 bits per heavy atom. The van der Waals surface area contributed by atoms with Gasteiger partial charge in [-0.3, -0.25) is 4.98 Å². The molecule has 0 unspecified atom stereocenters. The van der Waals surface area contributed by atoms with Crippen LogP contribution in [0.1, 0.15) is 26.3 Å². The van der Waals surface area contributed by atoms with E-state index in [1.807, 2.05) is 18.3 Å². The molecule has 15 heavy (non-hydrogen) atoms. The van der Waals surface area contributed by atoms with Crippen molar-refractivity contribution in [3.63, 3.8) is 0 Å². The number of hydrogen-bond acceptors (Lipinski definition) is 1. The molecular weight excluding hydrogens is 189 g/mol. The van der Waals surface area contributed by atoms with Crippen LogP contribution in [0, 0.1) is 5.82 Å². The van der Waals surface area contributed by atoms with Gasteiger partial charge in [-0.05, 0) is 29.2 Å². The second-order valence-corrected chi connectivity index (χ2v) is 4.78. The summed E-state index contributed by atoms with van der Waals surface area (Å²) in [6.07, 6.45) is 1.82. The summed E-state index contributed by atoms with van der Waals surface area (Å²) in [5.41, 5.74) is 1.77. The van der Waals surface area contributed by atoms with E-state index >= 15 is 0 Å². The minimum absolute atomic E-state index is 0.00344. The van der Waals surface area contributed by atoms with Gasteiger partial charge in [0.25, 0.3) is 0 Å². The van der Waals surface area contributed by atoms with Crippen LogP contribution in [0.25, 0.3) is 10.9 Å². The fourth-order valence-corrected chi connectivity index (χ4v) is 1.52. The molecule has 1 aromatic carbocycles. The maximum Gasteiger partial charge on any atom is 0.132 e. The molecule has 2 rings (SSSR count). The van der Waals surface area contributed by atoms with E-state index in [1.165, 1.54) is 6.07 Å². The average molecular weight is 203 g/mol. The molecule has 78 valence electrons. The van der Waals surface area contributed by atoms with Crippen molar-refractivity contribution < 1.29 is 4.39 Å². The fourth-order valence-electron chi connectivity index (χ4n) is 1.52. The largest absolute Gasteiger partial charge is 0.256 e. The van der Waals surface area contributed by atoms with E-state index in [-0.39, 0.29) is 11.2 Å². The Morgan fingerprint density at radius 2 is 1.93 bits per heavy atom. The molecule has 0 aliphatic heterocycles. The molecule has 0 N–H and O–H groups in total. The van der Waals surface area contributed by atoms with E-state index in [0.717, 1.165) is 5.56 Å². The second-order valence-electron chi connectivity index (χ2n) is 4.78. The zero-order valence-electron chi connectivity index (χ0n) is 9.21. The molecule has 0 radical (unpaired) electrons. The van der Waals surface area contributed by atoms with Crippen molar-refractivity contribution in [1.29, 1.82) is 0 Å². The fraction of sp³-hybridized carbons (Fsp3) is 0.308. The predicted molar refractivity (Wildman–Crippen MR) is 60.4 cm³/mol. The highest BCUT2D eigenvalue weighted by atomic mass is 19.1. The Morgan fingerprint density at radius 3 is 2.60 bits per heavy atom. The van der Waals surface area contributed by atoms with Crippen molar-refractivity contribution >= 4 is 10.9 Å². The molecule has 1 nitrogen and oxygen atoms in total. The Kier molecular flexibility index (Phi) is 2.22. The van der Waals surface area contributed by atoms with Crippen LogP contribution in [0.4, 0.5) is 4.39 Å². The smallest absolute Gasteiger partial charge is 0.132 e. The van der Waals surface area contributed by atoms with Gasteiger partial charge in [-0.1, -0.05) is 26.8 Å². The topological polar surface area (TPSA) is 12.9 Å². The van der Waals surface area contributed by atoms with E-state index in [9.17, 15) is 4.39 Å². The summed E-state index contributed by atoms with van der Waals surface area (Å²) in [6, 6.07) is 6.86. The number of nitrogens with zero attached hydrogens (tertiary/aromatic N) is 1. The molecule has 0 aliphatic carbocycles. The molecule has 0 atom stereocenters. The highest BCUT2D eigenvalue weighted by Gasteiger charge is 2.15. The number of fused-ring (bicyclic) bond motifs is 1. The van der Waals surface area contributed by atoms with Gasteiger partial charge < -0.3 is 0 Å². The van der Waals surface area contributed by atoms with Crippen LogP contribution in [0.5, 0.6) is 0 Å². The van der Waals surface area contributed by atoms with Crippen LogP contribution >= 0.6 is 0 Å². The third kappa shape index (κ3) is 1.84. The maximum atomic E-state index is 13.5. The molecule has 2 aromatic rings. The van der Waals surface area contributed by atoms with Crippen molar-refractivity contribution in [3.05, 3.63) is 41.8 Å². The zero-order valence-corrected chi connectivity index (χ0v) is 9.21. The lowest BCUT2D eigenvalue weighted by Gasteiger charge is -2.18. The average Bonchev–Trinajstić information content (AvgIpc) is 2.16. The van der Waals surface area contributed by atoms with Gasteiger partial charge >= 0.3 is 0 Å². The van der Waals surface area contributed by atoms with Gasteiger partial charge in [-0.15, -0.1) is 0 Å². The molecule has 0 saturated carbocycles. The number of halogens is 1. The lowest BCUT2D eigenvalue weighted by Crippen LogP contribution is -2.11. The van der Waals surface area contributed by atoms with E-state index in [0.29, 0.717) is 10.9 Å². The van der Waals surface area contributed by atoms with E-state index in [2.05, 4.69) is 25.8 Å². The maximum absolute atomic E-state index is 13.5. The van der Waals surface area contributed by atoms with Gasteiger partial charge in [0.1, 0.15) is 5.82 Å². The van der Waals surface area contributed by atoms with Crippen LogP contribution in [-0.2, 0) is 5.41 Å². The minimum atomic E-state index is -0.203. The van der Waals surface area contributed by atoms with Gasteiger partial charge in [0.05, 0.1) is 5.52 Å². The SMILES string of the molecule is CC(C)(C)c1cnc2cccc(F)c2c1. The molecule has 0 saturated heterocycles. The third-order valence-electron chi connectivity index (χ3n) is 2.54. The molecule has 1 heterocycles. The Labute approximate surface area is 89.0 Å². The van der Waals surface area contributed by atoms with E-state index in [4.69, 9.17) is 0 Å². The first-order chi connectivity index (χ1) is 6.98. The Bertz CT molecular complexity index is 497. The summed E-state index contributed by atoms with van der Waals surface area (Å²) >= 11 is 0. The summed E-state index contributed by atoms with van der Waals surface area (Å²) in [6.45, 7) is 6.28. The van der Waals surface area contributed by atoms with Gasteiger partial charge in [0.2, 0.25) is 0 Å². The van der Waals surface area contributed by atoms with Crippen molar-refractivity contribution in [2.75, 3.05) is 0 Å². The lowest BCUT2D eigenvalue weighted by molar-refractivity contribution is 0.587. The first-order valence-electron chi connectivity index (χ1n) is 5.03. The van der Waals surface area contributed by atoms with Gasteiger partial charge in [-0.2, -0.15) is 0 Å². The Hall–Kier alpha value is -1.44. The predicted octanol–water partition coefficient (Wildman–Crippen LogP) is 3.67. The summed E-state index contributed by atoms with van der Waals surface area (Å²) in [5, 5.41) is 0.602. The van der Waals surface area contributed by atoms with Crippen molar-refractivity contribution in [2.24, 2.45) is 0 Å². The molecule has 0 fully saturated rings. The molecular formula is C13H14FN. The van der Waals surface area contributed by atoms with Crippen LogP contribution in [0.3, 0.4) is 0 Å². The summed E-state index contributed by atoms with van der Waals surface area (Å²) in [4.78, 5) is 4.27. The minimum Gasteiger partial charge on any atom is -0.256 e. The lowest BCUT2D eigenvalue weighted by atomic mass is 9.87. The standard InChI is InChI=1S/C13H14FN/c1-13(2,3)9-7-10-11(14)5-4-6-12(10)15-8-9/h4-8H,1-3H3. The first kappa shape index (κ1) is 10.1. The number of rotatable bonds is 0. The number of pyridine rings is 1.